The van der Waals surface area contributed by atoms with Gasteiger partial charge in [0, 0.05) is 24.6 Å². The molecule has 0 spiro atoms. The number of benzene rings is 2. The highest BCUT2D eigenvalue weighted by Crippen LogP contribution is 2.34. The number of amides is 1. The summed E-state index contributed by atoms with van der Waals surface area (Å²) in [6, 6.07) is 13.0. The van der Waals surface area contributed by atoms with Crippen molar-refractivity contribution < 1.29 is 24.2 Å². The Kier molecular flexibility index (Phi) is 6.03. The van der Waals surface area contributed by atoms with Gasteiger partial charge in [-0.3, -0.25) is 9.59 Å². The maximum absolute atomic E-state index is 13.2. The average molecular weight is 399 g/mol. The molecule has 1 saturated heterocycles. The van der Waals surface area contributed by atoms with Crippen LogP contribution in [0.3, 0.4) is 0 Å². The molecule has 2 N–H and O–H groups in total. The van der Waals surface area contributed by atoms with Gasteiger partial charge in [-0.2, -0.15) is 0 Å². The third-order valence-electron chi connectivity index (χ3n) is 5.45. The Morgan fingerprint density at radius 1 is 1.07 bits per heavy atom. The Hall–Kier alpha value is -2.73. The molecule has 0 bridgehead atoms. The summed E-state index contributed by atoms with van der Waals surface area (Å²) in [7, 11) is 0. The smallest absolute Gasteiger partial charge is 0.308 e. The molecule has 2 aromatic carbocycles. The number of aliphatic hydroxyl groups is 1. The van der Waals surface area contributed by atoms with E-state index in [1.165, 1.54) is 12.1 Å². The molecule has 1 fully saturated rings. The van der Waals surface area contributed by atoms with Crippen LogP contribution in [0.1, 0.15) is 47.7 Å². The van der Waals surface area contributed by atoms with Crippen molar-refractivity contribution in [2.24, 2.45) is 5.92 Å². The van der Waals surface area contributed by atoms with Crippen LogP contribution in [0.4, 0.5) is 4.39 Å². The zero-order chi connectivity index (χ0) is 21.2. The van der Waals surface area contributed by atoms with Gasteiger partial charge in [-0.15, -0.1) is 0 Å². The number of rotatable bonds is 6. The van der Waals surface area contributed by atoms with Crippen molar-refractivity contribution >= 4 is 11.9 Å². The first-order valence-electron chi connectivity index (χ1n) is 9.73. The highest BCUT2D eigenvalue weighted by molar-refractivity contribution is 5.95. The summed E-state index contributed by atoms with van der Waals surface area (Å²) in [5, 5.41) is 19.4. The van der Waals surface area contributed by atoms with E-state index in [4.69, 9.17) is 0 Å². The summed E-state index contributed by atoms with van der Waals surface area (Å²) in [6.45, 7) is 3.92. The first kappa shape index (κ1) is 21.0. The molecule has 1 aliphatic heterocycles. The molecule has 0 aromatic heterocycles. The topological polar surface area (TPSA) is 77.8 Å². The lowest BCUT2D eigenvalue weighted by Crippen LogP contribution is -2.29. The number of carbonyl (C=O) groups is 2. The van der Waals surface area contributed by atoms with Gasteiger partial charge in [-0.05, 0) is 62.1 Å². The highest BCUT2D eigenvalue weighted by atomic mass is 19.1. The van der Waals surface area contributed by atoms with E-state index in [2.05, 4.69) is 0 Å². The molecule has 0 saturated carbocycles. The number of halogens is 1. The summed E-state index contributed by atoms with van der Waals surface area (Å²) >= 11 is 0. The molecular formula is C23H26FNO4. The number of hydrogen-bond donors (Lipinski definition) is 2. The van der Waals surface area contributed by atoms with E-state index < -0.39 is 17.5 Å². The molecule has 1 amide bonds. The van der Waals surface area contributed by atoms with Crippen molar-refractivity contribution in [1.29, 1.82) is 0 Å². The summed E-state index contributed by atoms with van der Waals surface area (Å²) in [4.78, 5) is 26.2. The molecule has 1 heterocycles. The van der Waals surface area contributed by atoms with E-state index >= 15 is 0 Å². The third kappa shape index (κ3) is 5.21. The second kappa shape index (κ2) is 8.33. The van der Waals surface area contributed by atoms with Gasteiger partial charge in [0.25, 0.3) is 5.91 Å². The number of aryl methyl sites for hydroxylation is 1. The van der Waals surface area contributed by atoms with Crippen LogP contribution in [0, 0.1) is 11.7 Å². The molecule has 2 unspecified atom stereocenters. The van der Waals surface area contributed by atoms with Crippen LogP contribution in [0.25, 0.3) is 0 Å². The fourth-order valence-corrected chi connectivity index (χ4v) is 3.71. The number of carbonyl (C=O) groups excluding carboxylic acids is 1. The van der Waals surface area contributed by atoms with Crippen molar-refractivity contribution in [3.8, 4) is 0 Å². The largest absolute Gasteiger partial charge is 0.481 e. The van der Waals surface area contributed by atoms with Crippen LogP contribution in [0.15, 0.2) is 48.5 Å². The number of likely N-dealkylation sites (tertiary alicyclic amines) is 1. The predicted molar refractivity (Wildman–Crippen MR) is 107 cm³/mol. The fourth-order valence-electron chi connectivity index (χ4n) is 3.71. The zero-order valence-electron chi connectivity index (χ0n) is 16.6. The fraction of sp³-hybridized carbons (Fsp3) is 0.391. The van der Waals surface area contributed by atoms with Gasteiger partial charge in [-0.25, -0.2) is 4.39 Å². The van der Waals surface area contributed by atoms with Crippen LogP contribution in [0.5, 0.6) is 0 Å². The molecule has 2 atom stereocenters. The maximum Gasteiger partial charge on any atom is 0.308 e. The SMILES string of the molecule is CC(C)(O)CCc1ccc(C(=O)N2CC(C(=O)O)C(c3ccc(F)cc3)C2)cc1. The molecule has 0 radical (unpaired) electrons. The summed E-state index contributed by atoms with van der Waals surface area (Å²) < 4.78 is 13.2. The van der Waals surface area contributed by atoms with Crippen molar-refractivity contribution in [1.82, 2.24) is 4.90 Å². The zero-order valence-corrected chi connectivity index (χ0v) is 16.6. The predicted octanol–water partition coefficient (Wildman–Crippen LogP) is 3.47. The molecule has 29 heavy (non-hydrogen) atoms. The monoisotopic (exact) mass is 399 g/mol. The van der Waals surface area contributed by atoms with E-state index in [0.29, 0.717) is 18.4 Å². The number of hydrogen-bond acceptors (Lipinski definition) is 3. The Balaban J connectivity index is 1.72. The molecule has 0 aliphatic carbocycles. The Bertz CT molecular complexity index is 871. The first-order chi connectivity index (χ1) is 13.6. The lowest BCUT2D eigenvalue weighted by atomic mass is 9.89. The molecule has 154 valence electrons. The van der Waals surface area contributed by atoms with E-state index in [1.54, 1.807) is 43.0 Å². The average Bonchev–Trinajstić information content (AvgIpc) is 3.12. The standard InChI is InChI=1S/C23H26FNO4/c1-23(2,29)12-11-15-3-5-17(6-4-15)21(26)25-13-19(20(14-25)22(27)28)16-7-9-18(24)10-8-16/h3-10,19-20,29H,11-14H2,1-2H3,(H,27,28). The minimum atomic E-state index is -0.961. The molecule has 1 aliphatic rings. The number of aliphatic carboxylic acids is 1. The van der Waals surface area contributed by atoms with E-state index in [0.717, 1.165) is 11.1 Å². The Morgan fingerprint density at radius 2 is 1.69 bits per heavy atom. The van der Waals surface area contributed by atoms with Crippen LogP contribution in [-0.4, -0.2) is 45.7 Å². The third-order valence-corrected chi connectivity index (χ3v) is 5.45. The van der Waals surface area contributed by atoms with Crippen molar-refractivity contribution in [3.63, 3.8) is 0 Å². The molecule has 2 aromatic rings. The summed E-state index contributed by atoms with van der Waals surface area (Å²) in [6.07, 6.45) is 1.32. The lowest BCUT2D eigenvalue weighted by Gasteiger charge is -2.18. The number of carboxylic acids is 1. The van der Waals surface area contributed by atoms with Gasteiger partial charge >= 0.3 is 5.97 Å². The number of carboxylic acid groups (broad SMARTS) is 1. The van der Waals surface area contributed by atoms with E-state index in [-0.39, 0.29) is 30.7 Å². The lowest BCUT2D eigenvalue weighted by molar-refractivity contribution is -0.141. The van der Waals surface area contributed by atoms with Crippen LogP contribution >= 0.6 is 0 Å². The second-order valence-corrected chi connectivity index (χ2v) is 8.32. The molecule has 3 rings (SSSR count). The highest BCUT2D eigenvalue weighted by Gasteiger charge is 2.40. The summed E-state index contributed by atoms with van der Waals surface area (Å²) in [5.41, 5.74) is 1.50. The second-order valence-electron chi connectivity index (χ2n) is 8.32. The van der Waals surface area contributed by atoms with Gasteiger partial charge < -0.3 is 15.1 Å². The summed E-state index contributed by atoms with van der Waals surface area (Å²) in [5.74, 6) is -2.65. The molecule has 6 heteroatoms. The van der Waals surface area contributed by atoms with E-state index in [1.807, 2.05) is 12.1 Å². The van der Waals surface area contributed by atoms with E-state index in [9.17, 15) is 24.2 Å². The minimum Gasteiger partial charge on any atom is -0.481 e. The van der Waals surface area contributed by atoms with Crippen LogP contribution < -0.4 is 0 Å². The van der Waals surface area contributed by atoms with Gasteiger partial charge in [0.15, 0.2) is 0 Å². The number of nitrogens with zero attached hydrogens (tertiary/aromatic N) is 1. The Morgan fingerprint density at radius 3 is 2.24 bits per heavy atom. The van der Waals surface area contributed by atoms with Gasteiger partial charge in [0.05, 0.1) is 11.5 Å². The van der Waals surface area contributed by atoms with Crippen molar-refractivity contribution in [3.05, 3.63) is 71.0 Å². The molecule has 5 nitrogen and oxygen atoms in total. The van der Waals surface area contributed by atoms with Gasteiger partial charge in [0.2, 0.25) is 0 Å². The van der Waals surface area contributed by atoms with Crippen LogP contribution in [0.2, 0.25) is 0 Å². The quantitative estimate of drug-likeness (QED) is 0.780. The first-order valence-corrected chi connectivity index (χ1v) is 9.73. The Labute approximate surface area is 169 Å². The van der Waals surface area contributed by atoms with Crippen LogP contribution in [-0.2, 0) is 11.2 Å². The van der Waals surface area contributed by atoms with Crippen molar-refractivity contribution in [2.75, 3.05) is 13.1 Å². The van der Waals surface area contributed by atoms with Gasteiger partial charge in [0.1, 0.15) is 5.82 Å². The molecular weight excluding hydrogens is 373 g/mol. The normalized spacial score (nSPS) is 19.4. The minimum absolute atomic E-state index is 0.122. The van der Waals surface area contributed by atoms with Gasteiger partial charge in [-0.1, -0.05) is 24.3 Å². The maximum atomic E-state index is 13.2. The van der Waals surface area contributed by atoms with Crippen molar-refractivity contribution in [2.45, 2.75) is 38.2 Å².